The highest BCUT2D eigenvalue weighted by Crippen LogP contribution is 2.09. The van der Waals surface area contributed by atoms with Crippen LogP contribution in [0.3, 0.4) is 0 Å². The van der Waals surface area contributed by atoms with Gasteiger partial charge in [-0.2, -0.15) is 0 Å². The highest BCUT2D eigenvalue weighted by molar-refractivity contribution is 5.83. The average molecular weight is 156 g/mol. The Balaban J connectivity index is 2.64. The molecule has 0 aliphatic heterocycles. The molecule has 60 valence electrons. The molecule has 1 aromatic heterocycles. The second-order valence-electron chi connectivity index (χ2n) is 1.96. The summed E-state index contributed by atoms with van der Waals surface area (Å²) in [4.78, 5) is 10.6. The molecule has 0 aliphatic carbocycles. The summed E-state index contributed by atoms with van der Waals surface area (Å²) >= 11 is 0. The first-order chi connectivity index (χ1) is 5.24. The zero-order chi connectivity index (χ0) is 8.27. The number of amides is 1. The molecule has 5 nitrogen and oxygen atoms in total. The van der Waals surface area contributed by atoms with E-state index >= 15 is 0 Å². The fourth-order valence-electron chi connectivity index (χ4n) is 0.555. The molecule has 0 spiro atoms. The average Bonchev–Trinajstić information content (AvgIpc) is 2.37. The van der Waals surface area contributed by atoms with E-state index in [2.05, 4.69) is 19.7 Å². The Hall–Kier alpha value is -1.52. The quantitative estimate of drug-likeness (QED) is 0.662. The van der Waals surface area contributed by atoms with Crippen LogP contribution in [0.1, 0.15) is 5.56 Å². The van der Waals surface area contributed by atoms with E-state index in [0.717, 1.165) is 5.56 Å². The van der Waals surface area contributed by atoms with E-state index in [4.69, 9.17) is 0 Å². The second-order valence-corrected chi connectivity index (χ2v) is 1.96. The van der Waals surface area contributed by atoms with Gasteiger partial charge in [-0.1, -0.05) is 5.16 Å². The summed E-state index contributed by atoms with van der Waals surface area (Å²) in [5.41, 5.74) is 0.760. The summed E-state index contributed by atoms with van der Waals surface area (Å²) in [5.74, 6) is 0.386. The fourth-order valence-corrected chi connectivity index (χ4v) is 0.555. The van der Waals surface area contributed by atoms with Gasteiger partial charge in [0, 0.05) is 5.56 Å². The van der Waals surface area contributed by atoms with Crippen molar-refractivity contribution in [1.29, 1.82) is 0 Å². The second kappa shape index (κ2) is 3.05. The molecule has 1 amide bonds. The number of aryl methyl sites for hydroxylation is 1. The third-order valence-electron chi connectivity index (χ3n) is 1.15. The summed E-state index contributed by atoms with van der Waals surface area (Å²) in [6.07, 6.45) is 0.882. The lowest BCUT2D eigenvalue weighted by atomic mass is 10.4. The topological polar surface area (TPSA) is 64.4 Å². The molecule has 0 atom stereocenters. The number of methoxy groups -OCH3 is 1. The molecule has 0 saturated carbocycles. The summed E-state index contributed by atoms with van der Waals surface area (Å²) in [6, 6.07) is 0. The molecule has 0 radical (unpaired) electrons. The third-order valence-corrected chi connectivity index (χ3v) is 1.15. The van der Waals surface area contributed by atoms with E-state index < -0.39 is 6.09 Å². The zero-order valence-electron chi connectivity index (χ0n) is 6.25. The van der Waals surface area contributed by atoms with Gasteiger partial charge in [0.2, 0.25) is 0 Å². The van der Waals surface area contributed by atoms with E-state index in [1.165, 1.54) is 13.4 Å². The van der Waals surface area contributed by atoms with Crippen molar-refractivity contribution >= 4 is 11.9 Å². The Morgan fingerprint density at radius 3 is 3.00 bits per heavy atom. The van der Waals surface area contributed by atoms with Crippen LogP contribution in [0.15, 0.2) is 10.8 Å². The molecule has 0 aromatic carbocycles. The van der Waals surface area contributed by atoms with Gasteiger partial charge < -0.3 is 9.26 Å². The predicted octanol–water partition coefficient (Wildman–Crippen LogP) is 1.16. The SMILES string of the molecule is COC(=O)Nc1nocc1C. The van der Waals surface area contributed by atoms with Crippen molar-refractivity contribution in [2.45, 2.75) is 6.92 Å². The minimum atomic E-state index is -0.554. The van der Waals surface area contributed by atoms with Crippen molar-refractivity contribution in [3.05, 3.63) is 11.8 Å². The highest BCUT2D eigenvalue weighted by Gasteiger charge is 2.06. The van der Waals surface area contributed by atoms with Crippen molar-refractivity contribution in [3.8, 4) is 0 Å². The van der Waals surface area contributed by atoms with Crippen molar-refractivity contribution in [1.82, 2.24) is 5.16 Å². The minimum Gasteiger partial charge on any atom is -0.453 e. The molecule has 0 aliphatic rings. The van der Waals surface area contributed by atoms with Gasteiger partial charge in [-0.05, 0) is 6.92 Å². The van der Waals surface area contributed by atoms with E-state index in [-0.39, 0.29) is 0 Å². The summed E-state index contributed by atoms with van der Waals surface area (Å²) in [5, 5.41) is 5.89. The van der Waals surface area contributed by atoms with E-state index in [1.807, 2.05) is 0 Å². The van der Waals surface area contributed by atoms with Gasteiger partial charge in [-0.3, -0.25) is 5.32 Å². The van der Waals surface area contributed by atoms with Crippen molar-refractivity contribution in [3.63, 3.8) is 0 Å². The van der Waals surface area contributed by atoms with Gasteiger partial charge >= 0.3 is 6.09 Å². The molecule has 0 bridgehead atoms. The maximum Gasteiger partial charge on any atom is 0.412 e. The third kappa shape index (κ3) is 1.70. The van der Waals surface area contributed by atoms with Gasteiger partial charge in [0.25, 0.3) is 0 Å². The number of anilines is 1. The van der Waals surface area contributed by atoms with E-state index in [9.17, 15) is 4.79 Å². The number of carbonyl (C=O) groups is 1. The maximum absolute atomic E-state index is 10.6. The largest absolute Gasteiger partial charge is 0.453 e. The first-order valence-electron chi connectivity index (χ1n) is 3.00. The van der Waals surface area contributed by atoms with Crippen LogP contribution < -0.4 is 5.32 Å². The number of hydrogen-bond acceptors (Lipinski definition) is 4. The predicted molar refractivity (Wildman–Crippen MR) is 37.3 cm³/mol. The molecular formula is C6H8N2O3. The van der Waals surface area contributed by atoms with Crippen LogP contribution in [0, 0.1) is 6.92 Å². The molecule has 1 heterocycles. The first-order valence-corrected chi connectivity index (χ1v) is 3.00. The van der Waals surface area contributed by atoms with Crippen LogP contribution >= 0.6 is 0 Å². The van der Waals surface area contributed by atoms with Crippen molar-refractivity contribution in [2.24, 2.45) is 0 Å². The lowest BCUT2D eigenvalue weighted by Gasteiger charge is -1.97. The lowest BCUT2D eigenvalue weighted by Crippen LogP contribution is -2.11. The number of rotatable bonds is 1. The van der Waals surface area contributed by atoms with Crippen LogP contribution in [-0.2, 0) is 4.74 Å². The Bertz CT molecular complexity index is 256. The lowest BCUT2D eigenvalue weighted by molar-refractivity contribution is 0.186. The summed E-state index contributed by atoms with van der Waals surface area (Å²) in [6.45, 7) is 1.77. The zero-order valence-corrected chi connectivity index (χ0v) is 6.25. The number of nitrogens with one attached hydrogen (secondary N) is 1. The standard InChI is InChI=1S/C6H8N2O3/c1-4-3-11-8-5(4)7-6(9)10-2/h3H,1-2H3,(H,7,8,9). The molecule has 5 heteroatoms. The van der Waals surface area contributed by atoms with Gasteiger partial charge in [-0.15, -0.1) is 0 Å². The maximum atomic E-state index is 10.6. The van der Waals surface area contributed by atoms with Gasteiger partial charge in [0.1, 0.15) is 6.26 Å². The first kappa shape index (κ1) is 7.59. The molecule has 0 fully saturated rings. The molecule has 0 unspecified atom stereocenters. The Morgan fingerprint density at radius 2 is 2.55 bits per heavy atom. The van der Waals surface area contributed by atoms with Gasteiger partial charge in [0.05, 0.1) is 7.11 Å². The fraction of sp³-hybridized carbons (Fsp3) is 0.333. The van der Waals surface area contributed by atoms with Gasteiger partial charge in [-0.25, -0.2) is 4.79 Å². The van der Waals surface area contributed by atoms with Crippen LogP contribution in [-0.4, -0.2) is 18.4 Å². The van der Waals surface area contributed by atoms with Crippen LogP contribution in [0.2, 0.25) is 0 Å². The van der Waals surface area contributed by atoms with E-state index in [1.54, 1.807) is 6.92 Å². The number of ether oxygens (including phenoxy) is 1. The van der Waals surface area contributed by atoms with Crippen molar-refractivity contribution in [2.75, 3.05) is 12.4 Å². The molecule has 1 N–H and O–H groups in total. The Morgan fingerprint density at radius 1 is 1.82 bits per heavy atom. The number of hydrogen-bond donors (Lipinski definition) is 1. The molecule has 0 saturated heterocycles. The molecule has 1 aromatic rings. The number of nitrogens with zero attached hydrogens (tertiary/aromatic N) is 1. The number of aromatic nitrogens is 1. The monoisotopic (exact) mass is 156 g/mol. The normalized spacial score (nSPS) is 9.27. The highest BCUT2D eigenvalue weighted by atomic mass is 16.5. The summed E-state index contributed by atoms with van der Waals surface area (Å²) in [7, 11) is 1.28. The summed E-state index contributed by atoms with van der Waals surface area (Å²) < 4.78 is 8.92. The van der Waals surface area contributed by atoms with Crippen molar-refractivity contribution < 1.29 is 14.1 Å². The smallest absolute Gasteiger partial charge is 0.412 e. The van der Waals surface area contributed by atoms with Crippen LogP contribution in [0.25, 0.3) is 0 Å². The van der Waals surface area contributed by atoms with Crippen LogP contribution in [0.4, 0.5) is 10.6 Å². The molecule has 11 heavy (non-hydrogen) atoms. The number of carbonyl (C=O) groups excluding carboxylic acids is 1. The van der Waals surface area contributed by atoms with E-state index in [0.29, 0.717) is 5.82 Å². The Labute approximate surface area is 63.3 Å². The minimum absolute atomic E-state index is 0.386. The van der Waals surface area contributed by atoms with Gasteiger partial charge in [0.15, 0.2) is 5.82 Å². The molecular weight excluding hydrogens is 148 g/mol. The van der Waals surface area contributed by atoms with Crippen LogP contribution in [0.5, 0.6) is 0 Å². The molecule has 1 rings (SSSR count). The Kier molecular flexibility index (Phi) is 2.10.